The molecule has 26 heavy (non-hydrogen) atoms. The van der Waals surface area contributed by atoms with Gasteiger partial charge in [-0.3, -0.25) is 4.72 Å². The lowest BCUT2D eigenvalue weighted by atomic mass is 10.0. The lowest BCUT2D eigenvalue weighted by Crippen LogP contribution is -2.14. The van der Waals surface area contributed by atoms with Crippen LogP contribution in [0.2, 0.25) is 0 Å². The van der Waals surface area contributed by atoms with Gasteiger partial charge >= 0.3 is 0 Å². The fourth-order valence-electron chi connectivity index (χ4n) is 2.76. The first-order chi connectivity index (χ1) is 12.3. The second-order valence-corrected chi connectivity index (χ2v) is 7.62. The number of aryl methyl sites for hydroxylation is 3. The molecule has 1 heterocycles. The standard InChI is InChI=1S/C19H17N3O3S/c1-12-4-7-16(19-13(2)21-25-14(19)3)10-18(12)26(23,24)22-17-8-5-15(11-20)6-9-17/h4-10,22H,1-3H3. The molecule has 0 saturated heterocycles. The molecule has 0 unspecified atom stereocenters. The third-order valence-electron chi connectivity index (χ3n) is 4.07. The second-order valence-electron chi connectivity index (χ2n) is 5.97. The number of rotatable bonds is 4. The summed E-state index contributed by atoms with van der Waals surface area (Å²) in [5.74, 6) is 0.634. The van der Waals surface area contributed by atoms with E-state index in [2.05, 4.69) is 9.88 Å². The fourth-order valence-corrected chi connectivity index (χ4v) is 4.09. The van der Waals surface area contributed by atoms with Crippen LogP contribution >= 0.6 is 0 Å². The van der Waals surface area contributed by atoms with Crippen molar-refractivity contribution in [2.75, 3.05) is 4.72 Å². The molecule has 1 aromatic heterocycles. The predicted octanol–water partition coefficient (Wildman–Crippen LogP) is 3.94. The summed E-state index contributed by atoms with van der Waals surface area (Å²) in [4.78, 5) is 0.180. The third kappa shape index (κ3) is 3.32. The molecule has 0 aliphatic rings. The minimum absolute atomic E-state index is 0.180. The van der Waals surface area contributed by atoms with Crippen LogP contribution in [-0.2, 0) is 10.0 Å². The summed E-state index contributed by atoms with van der Waals surface area (Å²) in [6, 6.07) is 13.5. The Kier molecular flexibility index (Phi) is 4.53. The average Bonchev–Trinajstić information content (AvgIpc) is 2.94. The van der Waals surface area contributed by atoms with Crippen molar-refractivity contribution in [1.29, 1.82) is 5.26 Å². The van der Waals surface area contributed by atoms with Crippen LogP contribution < -0.4 is 4.72 Å². The van der Waals surface area contributed by atoms with Crippen molar-refractivity contribution >= 4 is 15.7 Å². The SMILES string of the molecule is Cc1ccc(-c2c(C)noc2C)cc1S(=O)(=O)Nc1ccc(C#N)cc1. The molecule has 0 aliphatic carbocycles. The van der Waals surface area contributed by atoms with Gasteiger partial charge in [0.25, 0.3) is 10.0 Å². The summed E-state index contributed by atoms with van der Waals surface area (Å²) >= 11 is 0. The summed E-state index contributed by atoms with van der Waals surface area (Å²) < 4.78 is 33.4. The molecule has 0 amide bonds. The highest BCUT2D eigenvalue weighted by atomic mass is 32.2. The van der Waals surface area contributed by atoms with Crippen LogP contribution in [0.1, 0.15) is 22.6 Å². The summed E-state index contributed by atoms with van der Waals surface area (Å²) in [6.45, 7) is 5.34. The zero-order valence-electron chi connectivity index (χ0n) is 14.6. The van der Waals surface area contributed by atoms with E-state index in [1.807, 2.05) is 19.1 Å². The lowest BCUT2D eigenvalue weighted by molar-refractivity contribution is 0.393. The molecule has 7 heteroatoms. The topological polar surface area (TPSA) is 96.0 Å². The second kappa shape index (κ2) is 6.65. The maximum Gasteiger partial charge on any atom is 0.262 e. The molecule has 0 bridgehead atoms. The molecule has 132 valence electrons. The van der Waals surface area contributed by atoms with Gasteiger partial charge in [-0.2, -0.15) is 5.26 Å². The highest BCUT2D eigenvalue weighted by molar-refractivity contribution is 7.92. The van der Waals surface area contributed by atoms with Crippen molar-refractivity contribution in [3.63, 3.8) is 0 Å². The number of sulfonamides is 1. The number of benzene rings is 2. The Bertz CT molecular complexity index is 1090. The van der Waals surface area contributed by atoms with Gasteiger partial charge in [-0.1, -0.05) is 17.3 Å². The number of anilines is 1. The van der Waals surface area contributed by atoms with Crippen molar-refractivity contribution in [2.45, 2.75) is 25.7 Å². The fraction of sp³-hybridized carbons (Fsp3) is 0.158. The Balaban J connectivity index is 2.02. The lowest BCUT2D eigenvalue weighted by Gasteiger charge is -2.12. The minimum Gasteiger partial charge on any atom is -0.361 e. The molecule has 0 spiro atoms. The first-order valence-corrected chi connectivity index (χ1v) is 9.37. The van der Waals surface area contributed by atoms with Crippen LogP contribution in [0.4, 0.5) is 5.69 Å². The summed E-state index contributed by atoms with van der Waals surface area (Å²) in [6.07, 6.45) is 0. The predicted molar refractivity (Wildman–Crippen MR) is 98.1 cm³/mol. The maximum absolute atomic E-state index is 12.9. The van der Waals surface area contributed by atoms with E-state index in [0.29, 0.717) is 28.3 Å². The highest BCUT2D eigenvalue weighted by Gasteiger charge is 2.20. The Morgan fingerprint density at radius 1 is 1.08 bits per heavy atom. The summed E-state index contributed by atoms with van der Waals surface area (Å²) in [5, 5.41) is 12.8. The molecule has 6 nitrogen and oxygen atoms in total. The van der Waals surface area contributed by atoms with Gasteiger partial charge in [0, 0.05) is 11.3 Å². The smallest absolute Gasteiger partial charge is 0.262 e. The van der Waals surface area contributed by atoms with E-state index in [4.69, 9.17) is 9.78 Å². The van der Waals surface area contributed by atoms with Crippen molar-refractivity contribution in [1.82, 2.24) is 5.16 Å². The van der Waals surface area contributed by atoms with E-state index in [-0.39, 0.29) is 4.90 Å². The average molecular weight is 367 g/mol. The number of aromatic nitrogens is 1. The van der Waals surface area contributed by atoms with E-state index >= 15 is 0 Å². The number of hydrogen-bond donors (Lipinski definition) is 1. The minimum atomic E-state index is -3.79. The highest BCUT2D eigenvalue weighted by Crippen LogP contribution is 2.30. The Morgan fingerprint density at radius 3 is 2.35 bits per heavy atom. The van der Waals surface area contributed by atoms with Gasteiger partial charge in [-0.15, -0.1) is 0 Å². The van der Waals surface area contributed by atoms with E-state index in [0.717, 1.165) is 11.1 Å². The molecule has 2 aromatic carbocycles. The zero-order valence-corrected chi connectivity index (χ0v) is 15.4. The number of nitrogens with zero attached hydrogens (tertiary/aromatic N) is 2. The largest absolute Gasteiger partial charge is 0.361 e. The molecule has 0 aliphatic heterocycles. The zero-order chi connectivity index (χ0) is 18.9. The quantitative estimate of drug-likeness (QED) is 0.753. The molecular formula is C19H17N3O3S. The summed E-state index contributed by atoms with van der Waals surface area (Å²) in [7, 11) is -3.79. The molecular weight excluding hydrogens is 350 g/mol. The molecule has 3 rings (SSSR count). The van der Waals surface area contributed by atoms with Gasteiger partial charge in [-0.05, 0) is 62.2 Å². The Labute approximate surface area is 152 Å². The summed E-state index contributed by atoms with van der Waals surface area (Å²) in [5.41, 5.74) is 3.71. The molecule has 0 fully saturated rings. The van der Waals surface area contributed by atoms with E-state index in [1.54, 1.807) is 50.2 Å². The van der Waals surface area contributed by atoms with Crippen LogP contribution in [0.25, 0.3) is 11.1 Å². The first kappa shape index (κ1) is 17.7. The van der Waals surface area contributed by atoms with Crippen LogP contribution in [0, 0.1) is 32.1 Å². The molecule has 0 saturated carbocycles. The molecule has 0 radical (unpaired) electrons. The van der Waals surface area contributed by atoms with Gasteiger partial charge in [0.1, 0.15) is 5.76 Å². The van der Waals surface area contributed by atoms with Crippen molar-refractivity contribution in [3.05, 3.63) is 65.0 Å². The van der Waals surface area contributed by atoms with E-state index < -0.39 is 10.0 Å². The van der Waals surface area contributed by atoms with Crippen LogP contribution in [0.3, 0.4) is 0 Å². The molecule has 0 atom stereocenters. The number of hydrogen-bond acceptors (Lipinski definition) is 5. The molecule has 3 aromatic rings. The Hall–Kier alpha value is -3.11. The van der Waals surface area contributed by atoms with Gasteiger partial charge < -0.3 is 4.52 Å². The van der Waals surface area contributed by atoms with Crippen molar-refractivity contribution < 1.29 is 12.9 Å². The third-order valence-corrected chi connectivity index (χ3v) is 5.59. The normalized spacial score (nSPS) is 11.2. The van der Waals surface area contributed by atoms with Crippen molar-refractivity contribution in [3.8, 4) is 17.2 Å². The van der Waals surface area contributed by atoms with E-state index in [1.165, 1.54) is 0 Å². The van der Waals surface area contributed by atoms with Crippen LogP contribution in [0.5, 0.6) is 0 Å². The number of nitrogens with one attached hydrogen (secondary N) is 1. The van der Waals surface area contributed by atoms with Gasteiger partial charge in [0.05, 0.1) is 22.2 Å². The number of nitriles is 1. The Morgan fingerprint density at radius 2 is 1.77 bits per heavy atom. The van der Waals surface area contributed by atoms with Gasteiger partial charge in [-0.25, -0.2) is 8.42 Å². The van der Waals surface area contributed by atoms with Crippen LogP contribution in [0.15, 0.2) is 51.9 Å². The van der Waals surface area contributed by atoms with Gasteiger partial charge in [0.15, 0.2) is 0 Å². The monoisotopic (exact) mass is 367 g/mol. The van der Waals surface area contributed by atoms with E-state index in [9.17, 15) is 8.42 Å². The van der Waals surface area contributed by atoms with Crippen molar-refractivity contribution in [2.24, 2.45) is 0 Å². The van der Waals surface area contributed by atoms with Gasteiger partial charge in [0.2, 0.25) is 0 Å². The first-order valence-electron chi connectivity index (χ1n) is 7.88. The van der Waals surface area contributed by atoms with Crippen LogP contribution in [-0.4, -0.2) is 13.6 Å². The molecule has 1 N–H and O–H groups in total. The maximum atomic E-state index is 12.9.